The molecule has 1 aliphatic rings. The first kappa shape index (κ1) is 13.8. The van der Waals surface area contributed by atoms with E-state index in [2.05, 4.69) is 104 Å². The maximum Gasteiger partial charge on any atom is 0.0648 e. The third-order valence-corrected chi connectivity index (χ3v) is 4.64. The summed E-state index contributed by atoms with van der Waals surface area (Å²) in [6.45, 7) is 4.18. The molecule has 0 N–H and O–H groups in total. The van der Waals surface area contributed by atoms with Crippen molar-refractivity contribution in [2.75, 3.05) is 0 Å². The van der Waals surface area contributed by atoms with E-state index in [0.717, 1.165) is 0 Å². The molecule has 3 aromatic rings. The van der Waals surface area contributed by atoms with Gasteiger partial charge in [0.25, 0.3) is 0 Å². The second-order valence-electron chi connectivity index (χ2n) is 5.86. The topological polar surface area (TPSA) is 0 Å². The van der Waals surface area contributed by atoms with Crippen LogP contribution in [-0.2, 0) is 5.41 Å². The summed E-state index contributed by atoms with van der Waals surface area (Å²) in [6.07, 6.45) is 2.09. The lowest BCUT2D eigenvalue weighted by Gasteiger charge is -2.17. The van der Waals surface area contributed by atoms with Gasteiger partial charge in [0.1, 0.15) is 0 Å². The molecule has 0 aliphatic heterocycles. The van der Waals surface area contributed by atoms with Crippen molar-refractivity contribution < 1.29 is 0 Å². The molecule has 4 rings (SSSR count). The number of benzene rings is 3. The number of rotatable bonds is 4. The van der Waals surface area contributed by atoms with E-state index in [9.17, 15) is 0 Å². The quantitative estimate of drug-likeness (QED) is 0.539. The van der Waals surface area contributed by atoms with Gasteiger partial charge in [-0.25, -0.2) is 0 Å². The SMILES string of the molecule is C=CC1(c2ccccc2)C(c2ccccc2)=C1c1ccccc1. The lowest BCUT2D eigenvalue weighted by molar-refractivity contribution is 1.01. The fraction of sp³-hybridized carbons (Fsp3) is 0.0435. The molecule has 0 nitrogen and oxygen atoms in total. The molecule has 0 bridgehead atoms. The molecular formula is C23H18. The van der Waals surface area contributed by atoms with Gasteiger partial charge in [-0.1, -0.05) is 97.1 Å². The van der Waals surface area contributed by atoms with Crippen LogP contribution in [0.1, 0.15) is 16.7 Å². The normalized spacial score (nSPS) is 15.3. The van der Waals surface area contributed by atoms with Gasteiger partial charge in [0.15, 0.2) is 0 Å². The van der Waals surface area contributed by atoms with Crippen molar-refractivity contribution in [3.8, 4) is 0 Å². The standard InChI is InChI=1S/C23H18/c1-2-23(20-16-10-5-11-17-20)21(18-12-6-3-7-13-18)22(23)19-14-8-4-9-15-19/h2-17H,1H2. The molecule has 0 aromatic heterocycles. The highest BCUT2D eigenvalue weighted by Gasteiger charge is 2.52. The summed E-state index contributed by atoms with van der Waals surface area (Å²) in [6, 6.07) is 31.9. The third kappa shape index (κ3) is 2.07. The van der Waals surface area contributed by atoms with Gasteiger partial charge in [0.05, 0.1) is 5.41 Å². The second-order valence-corrected chi connectivity index (χ2v) is 5.86. The van der Waals surface area contributed by atoms with Crippen LogP contribution < -0.4 is 0 Å². The van der Waals surface area contributed by atoms with Gasteiger partial charge < -0.3 is 0 Å². The fourth-order valence-corrected chi connectivity index (χ4v) is 3.56. The van der Waals surface area contributed by atoms with Crippen LogP contribution in [-0.4, -0.2) is 0 Å². The van der Waals surface area contributed by atoms with Crippen LogP contribution in [0.15, 0.2) is 104 Å². The van der Waals surface area contributed by atoms with E-state index in [1.54, 1.807) is 0 Å². The first-order chi connectivity index (χ1) is 11.4. The Morgan fingerprint density at radius 1 is 0.565 bits per heavy atom. The fourth-order valence-electron chi connectivity index (χ4n) is 3.56. The molecule has 110 valence electrons. The third-order valence-electron chi connectivity index (χ3n) is 4.64. The smallest absolute Gasteiger partial charge is 0.0648 e. The summed E-state index contributed by atoms with van der Waals surface area (Å²) >= 11 is 0. The summed E-state index contributed by atoms with van der Waals surface area (Å²) in [4.78, 5) is 0. The predicted molar refractivity (Wildman–Crippen MR) is 98.0 cm³/mol. The summed E-state index contributed by atoms with van der Waals surface area (Å²) in [5, 5.41) is 0. The Balaban J connectivity index is 1.93. The monoisotopic (exact) mass is 294 g/mol. The Hall–Kier alpha value is -2.86. The number of hydrogen-bond donors (Lipinski definition) is 0. The molecule has 1 aliphatic carbocycles. The lowest BCUT2D eigenvalue weighted by atomic mass is 9.85. The number of hydrogen-bond acceptors (Lipinski definition) is 0. The van der Waals surface area contributed by atoms with Crippen LogP contribution in [0.5, 0.6) is 0 Å². The molecular weight excluding hydrogens is 276 g/mol. The van der Waals surface area contributed by atoms with Crippen LogP contribution in [0.2, 0.25) is 0 Å². The largest absolute Gasteiger partial charge is 0.102 e. The zero-order chi connectivity index (χ0) is 15.7. The van der Waals surface area contributed by atoms with E-state index in [1.165, 1.54) is 27.8 Å². The molecule has 23 heavy (non-hydrogen) atoms. The molecule has 0 heterocycles. The molecule has 0 fully saturated rings. The molecule has 0 atom stereocenters. The van der Waals surface area contributed by atoms with Gasteiger partial charge in [0, 0.05) is 0 Å². The van der Waals surface area contributed by atoms with Gasteiger partial charge in [0.2, 0.25) is 0 Å². The first-order valence-corrected chi connectivity index (χ1v) is 7.93. The maximum atomic E-state index is 4.18. The summed E-state index contributed by atoms with van der Waals surface area (Å²) in [5.74, 6) is 0. The van der Waals surface area contributed by atoms with Crippen molar-refractivity contribution in [3.05, 3.63) is 120 Å². The highest BCUT2D eigenvalue weighted by Crippen LogP contribution is 2.65. The van der Waals surface area contributed by atoms with Gasteiger partial charge in [-0.2, -0.15) is 0 Å². The van der Waals surface area contributed by atoms with Crippen molar-refractivity contribution in [3.63, 3.8) is 0 Å². The van der Waals surface area contributed by atoms with E-state index >= 15 is 0 Å². The average Bonchev–Trinajstić information content (AvgIpc) is 3.34. The van der Waals surface area contributed by atoms with E-state index in [1.807, 2.05) is 0 Å². The van der Waals surface area contributed by atoms with Crippen LogP contribution in [0, 0.1) is 0 Å². The zero-order valence-electron chi connectivity index (χ0n) is 12.9. The molecule has 3 aromatic carbocycles. The van der Waals surface area contributed by atoms with Gasteiger partial charge >= 0.3 is 0 Å². The Labute approximate surface area is 137 Å². The van der Waals surface area contributed by atoms with Crippen molar-refractivity contribution in [1.29, 1.82) is 0 Å². The minimum atomic E-state index is -0.177. The van der Waals surface area contributed by atoms with E-state index < -0.39 is 0 Å². The molecule has 0 saturated heterocycles. The Morgan fingerprint density at radius 2 is 0.957 bits per heavy atom. The molecule has 0 radical (unpaired) electrons. The van der Waals surface area contributed by atoms with Gasteiger partial charge in [-0.3, -0.25) is 0 Å². The predicted octanol–water partition coefficient (Wildman–Crippen LogP) is 5.74. The van der Waals surface area contributed by atoms with Crippen LogP contribution >= 0.6 is 0 Å². The molecule has 0 heteroatoms. The maximum absolute atomic E-state index is 4.18. The van der Waals surface area contributed by atoms with Crippen LogP contribution in [0.4, 0.5) is 0 Å². The lowest BCUT2D eigenvalue weighted by Crippen LogP contribution is -2.09. The summed E-state index contributed by atoms with van der Waals surface area (Å²) in [5.41, 5.74) is 6.39. The van der Waals surface area contributed by atoms with Crippen molar-refractivity contribution in [1.82, 2.24) is 0 Å². The van der Waals surface area contributed by atoms with Crippen molar-refractivity contribution in [2.45, 2.75) is 5.41 Å². The molecule has 0 spiro atoms. The Morgan fingerprint density at radius 3 is 1.35 bits per heavy atom. The highest BCUT2D eigenvalue weighted by atomic mass is 14.5. The van der Waals surface area contributed by atoms with Gasteiger partial charge in [-0.05, 0) is 27.8 Å². The summed E-state index contributed by atoms with van der Waals surface area (Å²) in [7, 11) is 0. The first-order valence-electron chi connectivity index (χ1n) is 7.93. The van der Waals surface area contributed by atoms with Crippen LogP contribution in [0.3, 0.4) is 0 Å². The van der Waals surface area contributed by atoms with Crippen LogP contribution in [0.25, 0.3) is 11.1 Å². The minimum absolute atomic E-state index is 0.177. The van der Waals surface area contributed by atoms with E-state index in [0.29, 0.717) is 0 Å². The summed E-state index contributed by atoms with van der Waals surface area (Å²) < 4.78 is 0. The molecule has 0 unspecified atom stereocenters. The number of allylic oxidation sites excluding steroid dienone is 3. The van der Waals surface area contributed by atoms with E-state index in [4.69, 9.17) is 0 Å². The minimum Gasteiger partial charge on any atom is -0.102 e. The van der Waals surface area contributed by atoms with Crippen molar-refractivity contribution in [2.24, 2.45) is 0 Å². The highest BCUT2D eigenvalue weighted by molar-refractivity contribution is 6.20. The van der Waals surface area contributed by atoms with Gasteiger partial charge in [-0.15, -0.1) is 6.58 Å². The Bertz CT molecular complexity index is 806. The Kier molecular flexibility index (Phi) is 3.24. The molecule has 0 amide bonds. The second kappa shape index (κ2) is 5.40. The van der Waals surface area contributed by atoms with Crippen molar-refractivity contribution >= 4 is 11.1 Å². The average molecular weight is 294 g/mol. The zero-order valence-corrected chi connectivity index (χ0v) is 12.9. The van der Waals surface area contributed by atoms with E-state index in [-0.39, 0.29) is 5.41 Å². The molecule has 0 saturated carbocycles.